The number of piperazine rings is 1. The Morgan fingerprint density at radius 3 is 2.72 bits per heavy atom. The van der Waals surface area contributed by atoms with Gasteiger partial charge < -0.3 is 10.2 Å². The summed E-state index contributed by atoms with van der Waals surface area (Å²) in [5, 5.41) is 4.99. The molecule has 29 heavy (non-hydrogen) atoms. The number of para-hydroxylation sites is 1. The molecule has 2 amide bonds. The highest BCUT2D eigenvalue weighted by Gasteiger charge is 2.23. The summed E-state index contributed by atoms with van der Waals surface area (Å²) in [5.41, 5.74) is 2.82. The van der Waals surface area contributed by atoms with Gasteiger partial charge in [-0.25, -0.2) is 4.98 Å². The smallest absolute Gasteiger partial charge is 0.238 e. The number of imidazole rings is 1. The molecular formula is C21H25N5O2S. The van der Waals surface area contributed by atoms with Crippen molar-refractivity contribution in [3.8, 4) is 0 Å². The number of hydrogen-bond acceptors (Lipinski definition) is 5. The molecule has 1 aliphatic heterocycles. The van der Waals surface area contributed by atoms with Crippen LogP contribution in [0.2, 0.25) is 0 Å². The summed E-state index contributed by atoms with van der Waals surface area (Å²) >= 11 is 1.56. The third kappa shape index (κ3) is 4.65. The molecule has 0 bridgehead atoms. The van der Waals surface area contributed by atoms with Crippen molar-refractivity contribution in [3.05, 3.63) is 53.3 Å². The van der Waals surface area contributed by atoms with E-state index in [4.69, 9.17) is 0 Å². The van der Waals surface area contributed by atoms with E-state index in [0.717, 1.165) is 28.3 Å². The van der Waals surface area contributed by atoms with Gasteiger partial charge in [0, 0.05) is 49.6 Å². The van der Waals surface area contributed by atoms with Crippen LogP contribution in [0.1, 0.15) is 18.2 Å². The molecule has 8 heteroatoms. The zero-order valence-electron chi connectivity index (χ0n) is 16.5. The minimum absolute atomic E-state index is 0.0104. The largest absolute Gasteiger partial charge is 0.340 e. The predicted molar refractivity (Wildman–Crippen MR) is 114 cm³/mol. The van der Waals surface area contributed by atoms with Crippen LogP contribution >= 0.6 is 11.3 Å². The number of nitrogens with zero attached hydrogens (tertiary/aromatic N) is 4. The minimum Gasteiger partial charge on any atom is -0.340 e. The number of aryl methyl sites for hydroxylation is 1. The summed E-state index contributed by atoms with van der Waals surface area (Å²) in [5.74, 6) is 0.0838. The summed E-state index contributed by atoms with van der Waals surface area (Å²) in [6.07, 6.45) is 5.07. The average molecular weight is 412 g/mol. The van der Waals surface area contributed by atoms with Gasteiger partial charge in [0.1, 0.15) is 0 Å². The SMILES string of the molecule is CCc1ccccc1NC(=O)CN1CCN(C(=O)Cc2cn3ccsc3n2)CC1. The Morgan fingerprint density at radius 1 is 1.17 bits per heavy atom. The van der Waals surface area contributed by atoms with Crippen molar-refractivity contribution in [1.29, 1.82) is 0 Å². The Kier molecular flexibility index (Phi) is 5.92. The molecule has 1 N–H and O–H groups in total. The number of carbonyl (C=O) groups excluding carboxylic acids is 2. The third-order valence-corrected chi connectivity index (χ3v) is 6.01. The monoisotopic (exact) mass is 411 g/mol. The molecule has 3 aromatic rings. The Bertz CT molecular complexity index is 975. The van der Waals surface area contributed by atoms with Crippen molar-refractivity contribution in [1.82, 2.24) is 19.2 Å². The molecule has 4 rings (SSSR count). The van der Waals surface area contributed by atoms with Crippen LogP contribution in [0.5, 0.6) is 0 Å². The van der Waals surface area contributed by atoms with E-state index < -0.39 is 0 Å². The van der Waals surface area contributed by atoms with E-state index in [2.05, 4.69) is 22.1 Å². The lowest BCUT2D eigenvalue weighted by atomic mass is 10.1. The van der Waals surface area contributed by atoms with E-state index >= 15 is 0 Å². The lowest BCUT2D eigenvalue weighted by Crippen LogP contribution is -2.50. The number of rotatable bonds is 6. The molecule has 2 aromatic heterocycles. The van der Waals surface area contributed by atoms with Crippen LogP contribution in [0.15, 0.2) is 42.0 Å². The number of amides is 2. The number of benzene rings is 1. The molecule has 0 unspecified atom stereocenters. The number of anilines is 1. The Labute approximate surface area is 174 Å². The van der Waals surface area contributed by atoms with Crippen molar-refractivity contribution < 1.29 is 9.59 Å². The highest BCUT2D eigenvalue weighted by Crippen LogP contribution is 2.16. The van der Waals surface area contributed by atoms with Crippen LogP contribution in [-0.4, -0.2) is 63.7 Å². The fourth-order valence-electron chi connectivity index (χ4n) is 3.63. The quantitative estimate of drug-likeness (QED) is 0.676. The zero-order valence-corrected chi connectivity index (χ0v) is 17.3. The first-order chi connectivity index (χ1) is 14.1. The molecule has 7 nitrogen and oxygen atoms in total. The summed E-state index contributed by atoms with van der Waals surface area (Å²) in [4.78, 5) is 34.4. The van der Waals surface area contributed by atoms with E-state index in [0.29, 0.717) is 39.1 Å². The zero-order chi connectivity index (χ0) is 20.2. The molecule has 152 valence electrons. The van der Waals surface area contributed by atoms with Gasteiger partial charge >= 0.3 is 0 Å². The van der Waals surface area contributed by atoms with Crippen LogP contribution in [0.4, 0.5) is 5.69 Å². The fourth-order valence-corrected chi connectivity index (χ4v) is 4.35. The molecule has 1 fully saturated rings. The topological polar surface area (TPSA) is 70.0 Å². The molecule has 0 saturated carbocycles. The van der Waals surface area contributed by atoms with E-state index in [1.165, 1.54) is 0 Å². The molecule has 1 aliphatic rings. The second-order valence-electron chi connectivity index (χ2n) is 7.22. The molecule has 1 aromatic carbocycles. The second-order valence-corrected chi connectivity index (χ2v) is 8.09. The third-order valence-electron chi connectivity index (χ3n) is 5.24. The lowest BCUT2D eigenvalue weighted by molar-refractivity contribution is -0.132. The predicted octanol–water partition coefficient (Wildman–Crippen LogP) is 2.28. The highest BCUT2D eigenvalue weighted by molar-refractivity contribution is 7.15. The minimum atomic E-state index is -0.0104. The van der Waals surface area contributed by atoms with Gasteiger partial charge in [0.2, 0.25) is 11.8 Å². The van der Waals surface area contributed by atoms with Gasteiger partial charge in [0.05, 0.1) is 18.7 Å². The lowest BCUT2D eigenvalue weighted by Gasteiger charge is -2.34. The van der Waals surface area contributed by atoms with Gasteiger partial charge in [-0.1, -0.05) is 25.1 Å². The number of carbonyl (C=O) groups is 2. The molecule has 0 spiro atoms. The Balaban J connectivity index is 1.25. The number of fused-ring (bicyclic) bond motifs is 1. The van der Waals surface area contributed by atoms with Crippen molar-refractivity contribution in [2.24, 2.45) is 0 Å². The second kappa shape index (κ2) is 8.75. The summed E-state index contributed by atoms with van der Waals surface area (Å²) in [7, 11) is 0. The first-order valence-electron chi connectivity index (χ1n) is 9.91. The Morgan fingerprint density at radius 2 is 1.97 bits per heavy atom. The van der Waals surface area contributed by atoms with Gasteiger partial charge in [-0.15, -0.1) is 11.3 Å². The van der Waals surface area contributed by atoms with E-state index in [1.54, 1.807) is 11.3 Å². The average Bonchev–Trinajstić information content (AvgIpc) is 3.30. The first kappa shape index (κ1) is 19.6. The number of aromatic nitrogens is 2. The van der Waals surface area contributed by atoms with Gasteiger partial charge in [-0.2, -0.15) is 0 Å². The van der Waals surface area contributed by atoms with E-state index in [9.17, 15) is 9.59 Å². The maximum Gasteiger partial charge on any atom is 0.238 e. The maximum absolute atomic E-state index is 12.6. The fraction of sp³-hybridized carbons (Fsp3) is 0.381. The maximum atomic E-state index is 12.6. The molecular weight excluding hydrogens is 386 g/mol. The Hall–Kier alpha value is -2.71. The molecule has 1 saturated heterocycles. The van der Waals surface area contributed by atoms with Crippen molar-refractivity contribution in [3.63, 3.8) is 0 Å². The molecule has 3 heterocycles. The standard InChI is InChI=1S/C21H25N5O2S/c1-2-16-5-3-4-6-18(16)23-19(27)15-24-7-9-25(10-8-24)20(28)13-17-14-26-11-12-29-21(26)22-17/h3-6,11-12,14H,2,7-10,13,15H2,1H3,(H,23,27). The van der Waals surface area contributed by atoms with Crippen molar-refractivity contribution in [2.45, 2.75) is 19.8 Å². The normalized spacial score (nSPS) is 15.0. The van der Waals surface area contributed by atoms with Crippen molar-refractivity contribution >= 4 is 33.8 Å². The van der Waals surface area contributed by atoms with Crippen LogP contribution in [-0.2, 0) is 22.4 Å². The van der Waals surface area contributed by atoms with E-state index in [-0.39, 0.29) is 11.8 Å². The number of nitrogens with one attached hydrogen (secondary N) is 1. The number of hydrogen-bond donors (Lipinski definition) is 1. The summed E-state index contributed by atoms with van der Waals surface area (Å²) in [6, 6.07) is 7.89. The van der Waals surface area contributed by atoms with Crippen LogP contribution < -0.4 is 5.32 Å². The molecule has 0 radical (unpaired) electrons. The van der Waals surface area contributed by atoms with E-state index in [1.807, 2.05) is 51.3 Å². The van der Waals surface area contributed by atoms with Crippen LogP contribution in [0.25, 0.3) is 4.96 Å². The van der Waals surface area contributed by atoms with Crippen LogP contribution in [0.3, 0.4) is 0 Å². The van der Waals surface area contributed by atoms with Gasteiger partial charge in [0.15, 0.2) is 4.96 Å². The summed E-state index contributed by atoms with van der Waals surface area (Å²) in [6.45, 7) is 5.10. The first-order valence-corrected chi connectivity index (χ1v) is 10.8. The molecule has 0 atom stereocenters. The summed E-state index contributed by atoms with van der Waals surface area (Å²) < 4.78 is 1.94. The van der Waals surface area contributed by atoms with Crippen LogP contribution in [0, 0.1) is 0 Å². The van der Waals surface area contributed by atoms with Gasteiger partial charge in [-0.3, -0.25) is 18.9 Å². The highest BCUT2D eigenvalue weighted by atomic mass is 32.1. The van der Waals surface area contributed by atoms with Gasteiger partial charge in [0.25, 0.3) is 0 Å². The molecule has 0 aliphatic carbocycles. The van der Waals surface area contributed by atoms with Crippen molar-refractivity contribution in [2.75, 3.05) is 38.0 Å². The number of thiazole rings is 1. The van der Waals surface area contributed by atoms with Gasteiger partial charge in [-0.05, 0) is 18.1 Å².